The van der Waals surface area contributed by atoms with E-state index in [2.05, 4.69) is 47.4 Å². The molecule has 2 N–H and O–H groups in total. The largest absolute Gasteiger partial charge is 0.396 e. The van der Waals surface area contributed by atoms with E-state index in [4.69, 9.17) is 5.11 Å². The zero-order chi connectivity index (χ0) is 14.4. The van der Waals surface area contributed by atoms with Crippen LogP contribution >= 0.6 is 0 Å². The fraction of sp³-hybridized carbons (Fsp3) is 0.467. The lowest BCUT2D eigenvalue weighted by atomic mass is 10.1. The van der Waals surface area contributed by atoms with E-state index >= 15 is 0 Å². The standard InChI is InChI=1S/C15H22N4O/c1-3-14(6-7-20)17-9-13-4-5-15(12(2)8-13)19-11-16-10-18-19/h4-5,8,10-11,14,17,20H,3,6-7,9H2,1-2H3. The smallest absolute Gasteiger partial charge is 0.138 e. The fourth-order valence-corrected chi connectivity index (χ4v) is 2.29. The summed E-state index contributed by atoms with van der Waals surface area (Å²) >= 11 is 0. The first-order valence-electron chi connectivity index (χ1n) is 7.03. The first-order chi connectivity index (χ1) is 9.74. The van der Waals surface area contributed by atoms with Crippen molar-refractivity contribution in [1.82, 2.24) is 20.1 Å². The Bertz CT molecular complexity index is 525. The molecule has 0 amide bonds. The Morgan fingerprint density at radius 2 is 2.25 bits per heavy atom. The quantitative estimate of drug-likeness (QED) is 0.808. The average molecular weight is 274 g/mol. The number of nitrogens with one attached hydrogen (secondary N) is 1. The molecule has 0 saturated carbocycles. The average Bonchev–Trinajstić information content (AvgIpc) is 2.97. The van der Waals surface area contributed by atoms with E-state index in [1.165, 1.54) is 17.5 Å². The Morgan fingerprint density at radius 1 is 1.40 bits per heavy atom. The summed E-state index contributed by atoms with van der Waals surface area (Å²) in [5.74, 6) is 0. The van der Waals surface area contributed by atoms with Gasteiger partial charge in [0.1, 0.15) is 12.7 Å². The van der Waals surface area contributed by atoms with Crippen LogP contribution < -0.4 is 5.32 Å². The fourth-order valence-electron chi connectivity index (χ4n) is 2.29. The summed E-state index contributed by atoms with van der Waals surface area (Å²) in [4.78, 5) is 3.97. The van der Waals surface area contributed by atoms with Crippen LogP contribution in [0, 0.1) is 6.92 Å². The van der Waals surface area contributed by atoms with E-state index in [0.717, 1.165) is 25.1 Å². The molecule has 0 bridgehead atoms. The van der Waals surface area contributed by atoms with Gasteiger partial charge in [0.25, 0.3) is 0 Å². The summed E-state index contributed by atoms with van der Waals surface area (Å²) in [7, 11) is 0. The van der Waals surface area contributed by atoms with Crippen LogP contribution in [0.4, 0.5) is 0 Å². The highest BCUT2D eigenvalue weighted by molar-refractivity contribution is 5.41. The maximum Gasteiger partial charge on any atom is 0.138 e. The molecule has 1 unspecified atom stereocenters. The summed E-state index contributed by atoms with van der Waals surface area (Å²) in [6.07, 6.45) is 5.06. The molecule has 1 aromatic carbocycles. The molecule has 1 aromatic heterocycles. The normalized spacial score (nSPS) is 12.6. The Kier molecular flexibility index (Phi) is 5.26. The minimum Gasteiger partial charge on any atom is -0.396 e. The summed E-state index contributed by atoms with van der Waals surface area (Å²) in [5.41, 5.74) is 3.46. The van der Waals surface area contributed by atoms with Crippen LogP contribution in [-0.4, -0.2) is 32.5 Å². The number of hydrogen-bond acceptors (Lipinski definition) is 4. The van der Waals surface area contributed by atoms with Crippen LogP contribution in [0.25, 0.3) is 5.69 Å². The zero-order valence-electron chi connectivity index (χ0n) is 12.1. The van der Waals surface area contributed by atoms with Crippen molar-refractivity contribution >= 4 is 0 Å². The van der Waals surface area contributed by atoms with Gasteiger partial charge in [-0.2, -0.15) is 5.10 Å². The van der Waals surface area contributed by atoms with Gasteiger partial charge in [-0.15, -0.1) is 0 Å². The molecule has 0 saturated heterocycles. The van der Waals surface area contributed by atoms with Crippen molar-refractivity contribution in [2.45, 2.75) is 39.3 Å². The van der Waals surface area contributed by atoms with E-state index in [1.807, 2.05) is 0 Å². The number of aliphatic hydroxyl groups is 1. The maximum atomic E-state index is 9.00. The van der Waals surface area contributed by atoms with Crippen molar-refractivity contribution in [3.05, 3.63) is 42.0 Å². The van der Waals surface area contributed by atoms with E-state index < -0.39 is 0 Å². The third-order valence-corrected chi connectivity index (χ3v) is 3.49. The first kappa shape index (κ1) is 14.7. The van der Waals surface area contributed by atoms with E-state index in [1.54, 1.807) is 11.0 Å². The molecule has 0 aliphatic carbocycles. The van der Waals surface area contributed by atoms with Crippen molar-refractivity contribution in [1.29, 1.82) is 0 Å². The minimum atomic E-state index is 0.232. The summed E-state index contributed by atoms with van der Waals surface area (Å²) in [6, 6.07) is 6.70. The molecule has 0 fully saturated rings. The van der Waals surface area contributed by atoms with E-state index in [9.17, 15) is 0 Å². The molecule has 1 heterocycles. The molecule has 5 nitrogen and oxygen atoms in total. The van der Waals surface area contributed by atoms with E-state index in [0.29, 0.717) is 6.04 Å². The van der Waals surface area contributed by atoms with Crippen molar-refractivity contribution in [3.8, 4) is 5.69 Å². The van der Waals surface area contributed by atoms with Gasteiger partial charge in [-0.05, 0) is 37.0 Å². The van der Waals surface area contributed by atoms with E-state index in [-0.39, 0.29) is 6.61 Å². The third kappa shape index (κ3) is 3.65. The van der Waals surface area contributed by atoms with Gasteiger partial charge < -0.3 is 10.4 Å². The Labute approximate surface area is 119 Å². The number of aromatic nitrogens is 3. The summed E-state index contributed by atoms with van der Waals surface area (Å²) in [6.45, 7) is 5.25. The van der Waals surface area contributed by atoms with Crippen LogP contribution in [0.3, 0.4) is 0 Å². The Morgan fingerprint density at radius 3 is 2.85 bits per heavy atom. The first-order valence-corrected chi connectivity index (χ1v) is 7.03. The van der Waals surface area contributed by atoms with Gasteiger partial charge in [0.05, 0.1) is 5.69 Å². The number of benzene rings is 1. The summed E-state index contributed by atoms with van der Waals surface area (Å²) in [5, 5.41) is 16.6. The lowest BCUT2D eigenvalue weighted by Gasteiger charge is -2.16. The SMILES string of the molecule is CCC(CCO)NCc1ccc(-n2cncn2)c(C)c1. The molecule has 0 spiro atoms. The second-order valence-corrected chi connectivity index (χ2v) is 4.96. The highest BCUT2D eigenvalue weighted by Crippen LogP contribution is 2.15. The predicted molar refractivity (Wildman–Crippen MR) is 78.7 cm³/mol. The second-order valence-electron chi connectivity index (χ2n) is 4.96. The number of hydrogen-bond donors (Lipinski definition) is 2. The van der Waals surface area contributed by atoms with Gasteiger partial charge in [0.2, 0.25) is 0 Å². The topological polar surface area (TPSA) is 63.0 Å². The van der Waals surface area contributed by atoms with Crippen molar-refractivity contribution < 1.29 is 5.11 Å². The molecular weight excluding hydrogens is 252 g/mol. The van der Waals surface area contributed by atoms with Crippen molar-refractivity contribution in [2.75, 3.05) is 6.61 Å². The molecule has 2 aromatic rings. The van der Waals surface area contributed by atoms with Crippen LogP contribution in [0.15, 0.2) is 30.9 Å². The molecular formula is C15H22N4O. The number of aryl methyl sites for hydroxylation is 1. The molecule has 1 atom stereocenters. The van der Waals surface area contributed by atoms with Crippen LogP contribution in [0.1, 0.15) is 30.9 Å². The molecule has 0 aliphatic rings. The van der Waals surface area contributed by atoms with Gasteiger partial charge in [0, 0.05) is 19.2 Å². The van der Waals surface area contributed by atoms with Gasteiger partial charge in [-0.25, -0.2) is 9.67 Å². The molecule has 0 radical (unpaired) electrons. The summed E-state index contributed by atoms with van der Waals surface area (Å²) < 4.78 is 1.77. The Balaban J connectivity index is 2.02. The molecule has 108 valence electrons. The highest BCUT2D eigenvalue weighted by Gasteiger charge is 2.06. The van der Waals surface area contributed by atoms with Crippen LogP contribution in [0.2, 0.25) is 0 Å². The Hall–Kier alpha value is -1.72. The molecule has 5 heteroatoms. The van der Waals surface area contributed by atoms with Crippen molar-refractivity contribution in [2.24, 2.45) is 0 Å². The number of aliphatic hydroxyl groups excluding tert-OH is 1. The third-order valence-electron chi connectivity index (χ3n) is 3.49. The number of rotatable bonds is 7. The van der Waals surface area contributed by atoms with Crippen LogP contribution in [-0.2, 0) is 6.54 Å². The minimum absolute atomic E-state index is 0.232. The molecule has 0 aliphatic heterocycles. The van der Waals surface area contributed by atoms with Crippen molar-refractivity contribution in [3.63, 3.8) is 0 Å². The van der Waals surface area contributed by atoms with Gasteiger partial charge >= 0.3 is 0 Å². The van der Waals surface area contributed by atoms with Gasteiger partial charge in [-0.1, -0.05) is 19.1 Å². The highest BCUT2D eigenvalue weighted by atomic mass is 16.3. The monoisotopic (exact) mass is 274 g/mol. The van der Waals surface area contributed by atoms with Crippen LogP contribution in [0.5, 0.6) is 0 Å². The lowest BCUT2D eigenvalue weighted by molar-refractivity contribution is 0.262. The maximum absolute atomic E-state index is 9.00. The van der Waals surface area contributed by atoms with Gasteiger partial charge in [0.15, 0.2) is 0 Å². The second kappa shape index (κ2) is 7.17. The lowest BCUT2D eigenvalue weighted by Crippen LogP contribution is -2.28. The number of nitrogens with zero attached hydrogens (tertiary/aromatic N) is 3. The molecule has 20 heavy (non-hydrogen) atoms. The molecule has 2 rings (SSSR count). The zero-order valence-corrected chi connectivity index (χ0v) is 12.1. The predicted octanol–water partition coefficient (Wildman–Crippen LogP) is 1.83. The van der Waals surface area contributed by atoms with Gasteiger partial charge in [-0.3, -0.25) is 0 Å².